The van der Waals surface area contributed by atoms with Crippen LogP contribution in [0, 0.1) is 0 Å². The molecule has 2 heterocycles. The van der Waals surface area contributed by atoms with Crippen molar-refractivity contribution in [1.29, 1.82) is 0 Å². The van der Waals surface area contributed by atoms with Gasteiger partial charge in [-0.3, -0.25) is 0 Å². The number of hydrogen-bond donors (Lipinski definition) is 0. The van der Waals surface area contributed by atoms with Gasteiger partial charge in [0.05, 0.1) is 0 Å². The number of aromatic nitrogens is 3. The minimum absolute atomic E-state index is 0.589. The van der Waals surface area contributed by atoms with Gasteiger partial charge in [0.15, 0.2) is 17.5 Å². The molecule has 10 aromatic carbocycles. The van der Waals surface area contributed by atoms with Crippen molar-refractivity contribution < 1.29 is 4.42 Å². The molecule has 0 aliphatic carbocycles. The zero-order chi connectivity index (χ0) is 44.5. The maximum Gasteiger partial charge on any atom is 0.164 e. The maximum absolute atomic E-state index is 6.20. The highest BCUT2D eigenvalue weighted by Gasteiger charge is 2.24. The zero-order valence-electron chi connectivity index (χ0n) is 36.4. The molecular formula is C63H41N3O. The maximum atomic E-state index is 6.20. The van der Waals surface area contributed by atoms with Crippen LogP contribution in [0.3, 0.4) is 0 Å². The SMILES string of the molecule is c1ccc(-c2ccc(-c3nc(-c4ccc(-c5cc(-c6ccccc6)c(-c6ccccc6)c(-c6ccccc6)c5-c5ccccc5)cc4)nc(-c4ccc5oc6ccccc6c5c4)n3)cc2)cc1. The summed E-state index contributed by atoms with van der Waals surface area (Å²) in [5.41, 5.74) is 18.2. The molecule has 4 heteroatoms. The summed E-state index contributed by atoms with van der Waals surface area (Å²) in [5, 5.41) is 2.07. The van der Waals surface area contributed by atoms with Crippen LogP contribution < -0.4 is 0 Å². The van der Waals surface area contributed by atoms with Crippen molar-refractivity contribution >= 4 is 21.9 Å². The second-order valence-electron chi connectivity index (χ2n) is 16.7. The highest BCUT2D eigenvalue weighted by atomic mass is 16.3. The van der Waals surface area contributed by atoms with E-state index in [2.05, 4.69) is 212 Å². The molecule has 0 fully saturated rings. The number of benzene rings is 10. The molecule has 0 aliphatic heterocycles. The molecule has 314 valence electrons. The Morgan fingerprint density at radius 2 is 0.567 bits per heavy atom. The minimum Gasteiger partial charge on any atom is -0.456 e. The van der Waals surface area contributed by atoms with Gasteiger partial charge >= 0.3 is 0 Å². The molecule has 0 unspecified atom stereocenters. The van der Waals surface area contributed by atoms with Crippen molar-refractivity contribution in [2.75, 3.05) is 0 Å². The van der Waals surface area contributed by atoms with Crippen LogP contribution in [0.2, 0.25) is 0 Å². The molecule has 0 spiro atoms. The van der Waals surface area contributed by atoms with Gasteiger partial charge in [-0.15, -0.1) is 0 Å². The Balaban J connectivity index is 1.04. The number of nitrogens with zero attached hydrogens (tertiary/aromatic N) is 3. The van der Waals surface area contributed by atoms with Crippen LogP contribution in [0.15, 0.2) is 253 Å². The van der Waals surface area contributed by atoms with Crippen molar-refractivity contribution in [2.24, 2.45) is 0 Å². The van der Waals surface area contributed by atoms with E-state index in [0.717, 1.165) is 88.7 Å². The van der Waals surface area contributed by atoms with Crippen LogP contribution in [-0.2, 0) is 0 Å². The van der Waals surface area contributed by atoms with Crippen LogP contribution in [-0.4, -0.2) is 15.0 Å². The Hall–Kier alpha value is -8.99. The summed E-state index contributed by atoms with van der Waals surface area (Å²) in [6.07, 6.45) is 0. The molecule has 12 aromatic rings. The van der Waals surface area contributed by atoms with Gasteiger partial charge in [-0.05, 0) is 97.1 Å². The number of hydrogen-bond acceptors (Lipinski definition) is 4. The Kier molecular flexibility index (Phi) is 10.2. The van der Waals surface area contributed by atoms with Gasteiger partial charge < -0.3 is 4.42 Å². The molecule has 2 aromatic heterocycles. The van der Waals surface area contributed by atoms with Crippen molar-refractivity contribution in [3.63, 3.8) is 0 Å². The van der Waals surface area contributed by atoms with Gasteiger partial charge in [0.1, 0.15) is 11.2 Å². The molecule has 0 saturated heterocycles. The number of fused-ring (bicyclic) bond motifs is 3. The van der Waals surface area contributed by atoms with Crippen LogP contribution >= 0.6 is 0 Å². The quantitative estimate of drug-likeness (QED) is 0.145. The third kappa shape index (κ3) is 7.57. The lowest BCUT2D eigenvalue weighted by Gasteiger charge is -2.24. The molecule has 0 atom stereocenters. The zero-order valence-corrected chi connectivity index (χ0v) is 36.4. The van der Waals surface area contributed by atoms with E-state index in [1.807, 2.05) is 36.4 Å². The molecule has 0 aliphatic rings. The topological polar surface area (TPSA) is 51.8 Å². The van der Waals surface area contributed by atoms with Crippen molar-refractivity contribution in [3.05, 3.63) is 249 Å². The predicted octanol–water partition coefficient (Wildman–Crippen LogP) is 16.8. The Morgan fingerprint density at radius 3 is 1.09 bits per heavy atom. The van der Waals surface area contributed by atoms with E-state index < -0.39 is 0 Å². The van der Waals surface area contributed by atoms with E-state index in [-0.39, 0.29) is 0 Å². The summed E-state index contributed by atoms with van der Waals surface area (Å²) in [4.78, 5) is 15.5. The van der Waals surface area contributed by atoms with Crippen LogP contribution in [0.1, 0.15) is 0 Å². The van der Waals surface area contributed by atoms with Gasteiger partial charge in [0.2, 0.25) is 0 Å². The lowest BCUT2D eigenvalue weighted by molar-refractivity contribution is 0.669. The van der Waals surface area contributed by atoms with E-state index >= 15 is 0 Å². The number of rotatable bonds is 9. The van der Waals surface area contributed by atoms with Crippen molar-refractivity contribution in [2.45, 2.75) is 0 Å². The lowest BCUT2D eigenvalue weighted by atomic mass is 9.79. The first kappa shape index (κ1) is 39.6. The fourth-order valence-electron chi connectivity index (χ4n) is 9.33. The first-order chi connectivity index (χ1) is 33.2. The van der Waals surface area contributed by atoms with Crippen LogP contribution in [0.5, 0.6) is 0 Å². The van der Waals surface area contributed by atoms with Crippen molar-refractivity contribution in [3.8, 4) is 101 Å². The summed E-state index contributed by atoms with van der Waals surface area (Å²) in [7, 11) is 0. The second-order valence-corrected chi connectivity index (χ2v) is 16.7. The first-order valence-corrected chi connectivity index (χ1v) is 22.6. The highest BCUT2D eigenvalue weighted by Crippen LogP contribution is 2.50. The highest BCUT2D eigenvalue weighted by molar-refractivity contribution is 6.08. The fourth-order valence-corrected chi connectivity index (χ4v) is 9.33. The van der Waals surface area contributed by atoms with Gasteiger partial charge in [-0.25, -0.2) is 15.0 Å². The van der Waals surface area contributed by atoms with Crippen LogP contribution in [0.25, 0.3) is 123 Å². The second kappa shape index (κ2) is 17.2. The Morgan fingerprint density at radius 1 is 0.224 bits per heavy atom. The minimum atomic E-state index is 0.589. The van der Waals surface area contributed by atoms with Gasteiger partial charge in [-0.2, -0.15) is 0 Å². The molecule has 67 heavy (non-hydrogen) atoms. The summed E-state index contributed by atoms with van der Waals surface area (Å²) in [6.45, 7) is 0. The predicted molar refractivity (Wildman–Crippen MR) is 276 cm³/mol. The molecule has 0 radical (unpaired) electrons. The monoisotopic (exact) mass is 855 g/mol. The third-order valence-corrected chi connectivity index (χ3v) is 12.6. The normalized spacial score (nSPS) is 11.3. The van der Waals surface area contributed by atoms with E-state index in [1.54, 1.807) is 0 Å². The molecule has 12 rings (SSSR count). The van der Waals surface area contributed by atoms with E-state index in [1.165, 1.54) is 16.7 Å². The average molecular weight is 856 g/mol. The number of furan rings is 1. The molecule has 0 amide bonds. The summed E-state index contributed by atoms with van der Waals surface area (Å²) in [6, 6.07) is 87.4. The van der Waals surface area contributed by atoms with E-state index in [4.69, 9.17) is 19.4 Å². The smallest absolute Gasteiger partial charge is 0.164 e. The summed E-state index contributed by atoms with van der Waals surface area (Å²) < 4.78 is 6.20. The van der Waals surface area contributed by atoms with E-state index in [9.17, 15) is 0 Å². The largest absolute Gasteiger partial charge is 0.456 e. The van der Waals surface area contributed by atoms with Crippen molar-refractivity contribution in [1.82, 2.24) is 15.0 Å². The summed E-state index contributed by atoms with van der Waals surface area (Å²) >= 11 is 0. The fraction of sp³-hybridized carbons (Fsp3) is 0. The molecule has 0 N–H and O–H groups in total. The third-order valence-electron chi connectivity index (χ3n) is 12.6. The van der Waals surface area contributed by atoms with Crippen LogP contribution in [0.4, 0.5) is 0 Å². The molecular weight excluding hydrogens is 815 g/mol. The van der Waals surface area contributed by atoms with E-state index in [0.29, 0.717) is 17.5 Å². The Labute approximate surface area is 389 Å². The Bertz CT molecular complexity index is 3680. The standard InChI is InChI=1S/C63H41N3O/c1-6-18-42(19-7-1)43-30-34-49(35-31-43)61-64-62(66-63(65-61)51-38-39-57-55(40-51)52-28-16-17-29-56(52)67-57)50-36-32-45(33-37-50)54-41-53(44-20-8-2-9-21-44)58(46-22-10-3-11-23-46)60(48-26-14-5-15-27-48)59(54)47-24-12-4-13-25-47/h1-41H. The number of para-hydroxylation sites is 1. The molecule has 0 saturated carbocycles. The van der Waals surface area contributed by atoms with Gasteiger partial charge in [0.25, 0.3) is 0 Å². The van der Waals surface area contributed by atoms with Gasteiger partial charge in [0, 0.05) is 27.5 Å². The van der Waals surface area contributed by atoms with Gasteiger partial charge in [-0.1, -0.05) is 218 Å². The lowest BCUT2D eigenvalue weighted by Crippen LogP contribution is -2.00. The molecule has 4 nitrogen and oxygen atoms in total. The molecule has 0 bridgehead atoms. The summed E-state index contributed by atoms with van der Waals surface area (Å²) in [5.74, 6) is 1.78. The average Bonchev–Trinajstić information content (AvgIpc) is 3.79. The first-order valence-electron chi connectivity index (χ1n) is 22.6.